The van der Waals surface area contributed by atoms with Crippen LogP contribution in [0.4, 0.5) is 22.7 Å². The van der Waals surface area contributed by atoms with Gasteiger partial charge >= 0.3 is 0 Å². The minimum absolute atomic E-state index is 1.12. The van der Waals surface area contributed by atoms with Crippen molar-refractivity contribution in [2.75, 3.05) is 23.9 Å². The van der Waals surface area contributed by atoms with Gasteiger partial charge in [0, 0.05) is 18.6 Å². The van der Waals surface area contributed by atoms with Gasteiger partial charge in [-0.25, -0.2) is 0 Å². The van der Waals surface area contributed by atoms with E-state index in [2.05, 4.69) is 82.3 Å². The summed E-state index contributed by atoms with van der Waals surface area (Å²) >= 11 is 3.63. The Morgan fingerprint density at radius 1 is 0.765 bits per heavy atom. The molecule has 1 heterocycles. The van der Waals surface area contributed by atoms with Gasteiger partial charge in [-0.05, 0) is 40.2 Å². The Labute approximate surface area is 110 Å². The molecule has 86 valence electrons. The lowest BCUT2D eigenvalue weighted by Gasteiger charge is -2.37. The lowest BCUT2D eigenvalue weighted by atomic mass is 10.1. The fourth-order valence-corrected chi connectivity index (χ4v) is 3.01. The highest BCUT2D eigenvalue weighted by Crippen LogP contribution is 2.48. The maximum absolute atomic E-state index is 3.63. The summed E-state index contributed by atoms with van der Waals surface area (Å²) in [5.74, 6) is 0. The minimum atomic E-state index is 1.12. The maximum atomic E-state index is 3.63. The van der Waals surface area contributed by atoms with E-state index in [4.69, 9.17) is 0 Å². The molecule has 0 radical (unpaired) electrons. The molecule has 2 aromatic carbocycles. The number of para-hydroxylation sites is 3. The summed E-state index contributed by atoms with van der Waals surface area (Å²) in [6.45, 7) is 0. The summed E-state index contributed by atoms with van der Waals surface area (Å²) in [4.78, 5) is 4.46. The van der Waals surface area contributed by atoms with Crippen LogP contribution in [0.5, 0.6) is 0 Å². The first-order valence-corrected chi connectivity index (χ1v) is 6.34. The quantitative estimate of drug-likeness (QED) is 0.713. The van der Waals surface area contributed by atoms with Crippen molar-refractivity contribution in [1.82, 2.24) is 0 Å². The molecule has 0 bridgehead atoms. The summed E-state index contributed by atoms with van der Waals surface area (Å²) < 4.78 is 1.12. The molecular formula is C14H13BrN2. The van der Waals surface area contributed by atoms with Crippen molar-refractivity contribution in [3.63, 3.8) is 0 Å². The van der Waals surface area contributed by atoms with E-state index in [1.165, 1.54) is 22.7 Å². The molecule has 0 fully saturated rings. The lowest BCUT2D eigenvalue weighted by Crippen LogP contribution is -2.24. The zero-order chi connectivity index (χ0) is 12.0. The number of nitrogens with zero attached hydrogens (tertiary/aromatic N) is 2. The molecule has 2 aromatic rings. The van der Waals surface area contributed by atoms with E-state index in [9.17, 15) is 0 Å². The van der Waals surface area contributed by atoms with Crippen molar-refractivity contribution < 1.29 is 0 Å². The highest BCUT2D eigenvalue weighted by atomic mass is 79.9. The van der Waals surface area contributed by atoms with Gasteiger partial charge in [-0.1, -0.05) is 18.2 Å². The predicted octanol–water partition coefficient (Wildman–Crippen LogP) is 4.30. The van der Waals surface area contributed by atoms with Gasteiger partial charge in [-0.3, -0.25) is 0 Å². The molecule has 0 N–H and O–H groups in total. The van der Waals surface area contributed by atoms with Crippen molar-refractivity contribution >= 4 is 38.7 Å². The molecule has 0 saturated carbocycles. The zero-order valence-electron chi connectivity index (χ0n) is 9.81. The number of halogens is 1. The molecule has 0 aromatic heterocycles. The van der Waals surface area contributed by atoms with Crippen molar-refractivity contribution in [2.24, 2.45) is 0 Å². The second kappa shape index (κ2) is 3.77. The second-order valence-corrected chi connectivity index (χ2v) is 5.07. The topological polar surface area (TPSA) is 6.48 Å². The van der Waals surface area contributed by atoms with E-state index in [1.54, 1.807) is 0 Å². The predicted molar refractivity (Wildman–Crippen MR) is 76.7 cm³/mol. The Balaban J connectivity index is 2.29. The highest BCUT2D eigenvalue weighted by Gasteiger charge is 2.24. The molecule has 3 heteroatoms. The van der Waals surface area contributed by atoms with Crippen LogP contribution in [0, 0.1) is 0 Å². The van der Waals surface area contributed by atoms with Gasteiger partial charge in [0.1, 0.15) is 0 Å². The summed E-state index contributed by atoms with van der Waals surface area (Å²) in [7, 11) is 4.21. The van der Waals surface area contributed by atoms with E-state index in [0.717, 1.165) is 4.47 Å². The Hall–Kier alpha value is -1.48. The van der Waals surface area contributed by atoms with Gasteiger partial charge in [0.05, 0.1) is 22.7 Å². The smallest absolute Gasteiger partial charge is 0.0794 e. The summed E-state index contributed by atoms with van der Waals surface area (Å²) in [5.41, 5.74) is 4.91. The number of hydrogen-bond donors (Lipinski definition) is 0. The van der Waals surface area contributed by atoms with E-state index in [0.29, 0.717) is 0 Å². The van der Waals surface area contributed by atoms with Gasteiger partial charge in [-0.2, -0.15) is 0 Å². The molecule has 0 atom stereocenters. The Morgan fingerprint density at radius 2 is 1.35 bits per heavy atom. The van der Waals surface area contributed by atoms with Crippen LogP contribution in [0.15, 0.2) is 46.9 Å². The van der Waals surface area contributed by atoms with Crippen molar-refractivity contribution in [1.29, 1.82) is 0 Å². The van der Waals surface area contributed by atoms with Crippen LogP contribution in [-0.2, 0) is 0 Å². The van der Waals surface area contributed by atoms with Crippen LogP contribution in [0.25, 0.3) is 0 Å². The van der Waals surface area contributed by atoms with Crippen LogP contribution in [0.2, 0.25) is 0 Å². The average Bonchev–Trinajstić information content (AvgIpc) is 2.36. The van der Waals surface area contributed by atoms with Crippen molar-refractivity contribution in [3.05, 3.63) is 46.9 Å². The first-order valence-electron chi connectivity index (χ1n) is 5.55. The summed E-state index contributed by atoms with van der Waals surface area (Å²) in [5, 5.41) is 0. The molecule has 0 aliphatic carbocycles. The number of fused-ring (bicyclic) bond motifs is 2. The highest BCUT2D eigenvalue weighted by molar-refractivity contribution is 9.10. The normalized spacial score (nSPS) is 13.4. The summed E-state index contributed by atoms with van der Waals surface area (Å²) in [6, 6.07) is 14.7. The molecule has 1 aliphatic heterocycles. The Bertz CT molecular complexity index is 580. The molecule has 0 unspecified atom stereocenters. The van der Waals surface area contributed by atoms with Crippen LogP contribution in [0.1, 0.15) is 0 Å². The van der Waals surface area contributed by atoms with Crippen LogP contribution < -0.4 is 9.80 Å². The van der Waals surface area contributed by atoms with Gasteiger partial charge in [0.2, 0.25) is 0 Å². The van der Waals surface area contributed by atoms with E-state index >= 15 is 0 Å². The number of rotatable bonds is 0. The fraction of sp³-hybridized carbons (Fsp3) is 0.143. The molecule has 0 saturated heterocycles. The molecule has 3 rings (SSSR count). The van der Waals surface area contributed by atoms with Crippen LogP contribution in [0.3, 0.4) is 0 Å². The first kappa shape index (κ1) is 10.7. The van der Waals surface area contributed by atoms with E-state index in [1.807, 2.05) is 0 Å². The van der Waals surface area contributed by atoms with Gasteiger partial charge in [0.25, 0.3) is 0 Å². The summed E-state index contributed by atoms with van der Waals surface area (Å²) in [6.07, 6.45) is 0. The van der Waals surface area contributed by atoms with Crippen molar-refractivity contribution in [3.8, 4) is 0 Å². The SMILES string of the molecule is CN1c2ccccc2N(C)c2c(Br)cccc21. The molecule has 17 heavy (non-hydrogen) atoms. The minimum Gasteiger partial charge on any atom is -0.341 e. The van der Waals surface area contributed by atoms with Crippen LogP contribution in [-0.4, -0.2) is 14.1 Å². The molecule has 0 spiro atoms. The largest absolute Gasteiger partial charge is 0.341 e. The number of hydrogen-bond acceptors (Lipinski definition) is 2. The van der Waals surface area contributed by atoms with Crippen LogP contribution >= 0.6 is 15.9 Å². The maximum Gasteiger partial charge on any atom is 0.0794 e. The van der Waals surface area contributed by atoms with Gasteiger partial charge in [-0.15, -0.1) is 0 Å². The molecular weight excluding hydrogens is 276 g/mol. The number of benzene rings is 2. The van der Waals surface area contributed by atoms with Crippen molar-refractivity contribution in [2.45, 2.75) is 0 Å². The second-order valence-electron chi connectivity index (χ2n) is 4.21. The molecule has 0 amide bonds. The average molecular weight is 289 g/mol. The third kappa shape index (κ3) is 1.46. The Kier molecular flexibility index (Phi) is 2.37. The molecule has 2 nitrogen and oxygen atoms in total. The Morgan fingerprint density at radius 3 is 2.06 bits per heavy atom. The monoisotopic (exact) mass is 288 g/mol. The van der Waals surface area contributed by atoms with E-state index in [-0.39, 0.29) is 0 Å². The standard InChI is InChI=1S/C14H13BrN2/c1-16-11-7-3-4-8-12(11)17(2)14-10(15)6-5-9-13(14)16/h3-9H,1-2H3. The fourth-order valence-electron chi connectivity index (χ4n) is 2.39. The van der Waals surface area contributed by atoms with E-state index < -0.39 is 0 Å². The van der Waals surface area contributed by atoms with Gasteiger partial charge in [0.15, 0.2) is 0 Å². The lowest BCUT2D eigenvalue weighted by molar-refractivity contribution is 1.09. The third-order valence-corrected chi connectivity index (χ3v) is 3.91. The first-order chi connectivity index (χ1) is 8.20. The number of anilines is 4. The zero-order valence-corrected chi connectivity index (χ0v) is 11.4. The molecule has 1 aliphatic rings. The third-order valence-electron chi connectivity index (χ3n) is 3.27. The van der Waals surface area contributed by atoms with Gasteiger partial charge < -0.3 is 9.80 Å².